The summed E-state index contributed by atoms with van der Waals surface area (Å²) >= 11 is 0. The summed E-state index contributed by atoms with van der Waals surface area (Å²) in [5.41, 5.74) is 0.586. The van der Waals surface area contributed by atoms with Gasteiger partial charge in [0.1, 0.15) is 5.82 Å². The predicted molar refractivity (Wildman–Crippen MR) is 106 cm³/mol. The lowest BCUT2D eigenvalue weighted by Crippen LogP contribution is -2.66. The fraction of sp³-hybridized carbons (Fsp3) is 0.652. The highest BCUT2D eigenvalue weighted by atomic mass is 19.1. The van der Waals surface area contributed by atoms with Crippen LogP contribution in [0.4, 0.5) is 4.39 Å². The van der Waals surface area contributed by atoms with Gasteiger partial charge in [-0.05, 0) is 87.8 Å². The molecule has 4 aliphatic carbocycles. The Morgan fingerprint density at radius 3 is 2.39 bits per heavy atom. The predicted octanol–water partition coefficient (Wildman–Crippen LogP) is 3.74. The molecule has 4 aliphatic rings. The Hall–Kier alpha value is -1.91. The number of carbonyl (C=O) groups excluding carboxylic acids is 2. The number of nitrogens with one attached hydrogen (secondary N) is 2. The van der Waals surface area contributed by atoms with E-state index in [-0.39, 0.29) is 34.6 Å². The summed E-state index contributed by atoms with van der Waals surface area (Å²) < 4.78 is 13.0. The molecule has 0 aromatic heterocycles. The van der Waals surface area contributed by atoms with Crippen LogP contribution in [-0.2, 0) is 16.0 Å². The summed E-state index contributed by atoms with van der Waals surface area (Å²) in [6.07, 6.45) is 7.60. The van der Waals surface area contributed by atoms with Gasteiger partial charge in [0, 0.05) is 18.5 Å². The molecule has 4 nitrogen and oxygen atoms in total. The van der Waals surface area contributed by atoms with E-state index in [2.05, 4.69) is 10.6 Å². The first kappa shape index (κ1) is 19.4. The van der Waals surface area contributed by atoms with E-state index in [0.717, 1.165) is 50.5 Å². The van der Waals surface area contributed by atoms with Crippen LogP contribution in [0.1, 0.15) is 64.4 Å². The van der Waals surface area contributed by atoms with Gasteiger partial charge in [0.2, 0.25) is 11.8 Å². The zero-order chi connectivity index (χ0) is 19.9. The normalized spacial score (nSPS) is 34.1. The van der Waals surface area contributed by atoms with E-state index in [1.54, 1.807) is 19.1 Å². The maximum Gasteiger partial charge on any atom is 0.226 e. The molecule has 0 aliphatic heterocycles. The van der Waals surface area contributed by atoms with Crippen LogP contribution in [0.2, 0.25) is 0 Å². The van der Waals surface area contributed by atoms with Crippen molar-refractivity contribution in [1.82, 2.24) is 10.6 Å². The molecule has 28 heavy (non-hydrogen) atoms. The maximum absolute atomic E-state index is 13.3. The van der Waals surface area contributed by atoms with Crippen LogP contribution in [0.5, 0.6) is 0 Å². The van der Waals surface area contributed by atoms with Gasteiger partial charge in [-0.1, -0.05) is 12.1 Å². The van der Waals surface area contributed by atoms with E-state index >= 15 is 0 Å². The van der Waals surface area contributed by atoms with Gasteiger partial charge in [-0.15, -0.1) is 0 Å². The minimum atomic E-state index is -0.323. The number of hydrogen-bond acceptors (Lipinski definition) is 2. The zero-order valence-corrected chi connectivity index (χ0v) is 16.9. The van der Waals surface area contributed by atoms with Crippen molar-refractivity contribution in [1.29, 1.82) is 0 Å². The molecule has 5 heteroatoms. The zero-order valence-electron chi connectivity index (χ0n) is 16.9. The van der Waals surface area contributed by atoms with Crippen LogP contribution in [0.25, 0.3) is 0 Å². The lowest BCUT2D eigenvalue weighted by Gasteiger charge is -2.61. The molecule has 0 radical (unpaired) electrons. The molecule has 4 saturated carbocycles. The van der Waals surface area contributed by atoms with Crippen LogP contribution in [0, 0.1) is 23.1 Å². The molecule has 0 heterocycles. The Morgan fingerprint density at radius 1 is 1.14 bits per heavy atom. The van der Waals surface area contributed by atoms with Crippen molar-refractivity contribution in [2.75, 3.05) is 0 Å². The second kappa shape index (κ2) is 7.16. The Bertz CT molecular complexity index is 746. The SMILES string of the molecule is CC(=O)NC12CC3CC(C1)CC(C(=O)NC(C)CCc1ccc(F)cc1)(C3)C2. The number of halogens is 1. The van der Waals surface area contributed by atoms with Gasteiger partial charge < -0.3 is 10.6 Å². The second-order valence-corrected chi connectivity index (χ2v) is 9.74. The molecule has 5 rings (SSSR count). The molecule has 2 amide bonds. The number of benzene rings is 1. The van der Waals surface area contributed by atoms with Crippen molar-refractivity contribution in [2.45, 2.75) is 76.8 Å². The summed E-state index contributed by atoms with van der Waals surface area (Å²) in [4.78, 5) is 25.1. The Labute approximate surface area is 166 Å². The number of hydrogen-bond donors (Lipinski definition) is 2. The first-order valence-electron chi connectivity index (χ1n) is 10.6. The van der Waals surface area contributed by atoms with Crippen molar-refractivity contribution in [3.05, 3.63) is 35.6 Å². The van der Waals surface area contributed by atoms with E-state index in [4.69, 9.17) is 0 Å². The highest BCUT2D eigenvalue weighted by molar-refractivity contribution is 5.84. The van der Waals surface area contributed by atoms with Gasteiger partial charge >= 0.3 is 0 Å². The van der Waals surface area contributed by atoms with Crippen LogP contribution in [0.15, 0.2) is 24.3 Å². The molecule has 2 N–H and O–H groups in total. The number of rotatable bonds is 6. The quantitative estimate of drug-likeness (QED) is 0.783. The van der Waals surface area contributed by atoms with Crippen LogP contribution in [-0.4, -0.2) is 23.4 Å². The molecule has 0 saturated heterocycles. The monoisotopic (exact) mass is 386 g/mol. The van der Waals surface area contributed by atoms with Crippen molar-refractivity contribution >= 4 is 11.8 Å². The first-order chi connectivity index (χ1) is 13.3. The molecule has 0 spiro atoms. The molecule has 3 atom stereocenters. The average Bonchev–Trinajstić information content (AvgIpc) is 2.59. The Morgan fingerprint density at radius 2 is 1.79 bits per heavy atom. The number of amides is 2. The minimum Gasteiger partial charge on any atom is -0.353 e. The van der Waals surface area contributed by atoms with E-state index in [1.165, 1.54) is 18.6 Å². The molecule has 4 bridgehead atoms. The van der Waals surface area contributed by atoms with E-state index in [0.29, 0.717) is 11.8 Å². The minimum absolute atomic E-state index is 0.0187. The Balaban J connectivity index is 1.39. The molecule has 1 aromatic carbocycles. The fourth-order valence-corrected chi connectivity index (χ4v) is 6.53. The second-order valence-electron chi connectivity index (χ2n) is 9.74. The van der Waals surface area contributed by atoms with Gasteiger partial charge in [-0.25, -0.2) is 4.39 Å². The van der Waals surface area contributed by atoms with Crippen molar-refractivity contribution in [2.24, 2.45) is 17.3 Å². The summed E-state index contributed by atoms with van der Waals surface area (Å²) in [6, 6.07) is 6.65. The lowest BCUT2D eigenvalue weighted by atomic mass is 9.46. The van der Waals surface area contributed by atoms with Gasteiger partial charge in [0.05, 0.1) is 5.41 Å². The van der Waals surface area contributed by atoms with Gasteiger partial charge in [-0.3, -0.25) is 9.59 Å². The molecular weight excluding hydrogens is 355 g/mol. The van der Waals surface area contributed by atoms with Crippen molar-refractivity contribution < 1.29 is 14.0 Å². The average molecular weight is 387 g/mol. The fourth-order valence-electron chi connectivity index (χ4n) is 6.53. The van der Waals surface area contributed by atoms with Crippen LogP contribution < -0.4 is 10.6 Å². The lowest BCUT2D eigenvalue weighted by molar-refractivity contribution is -0.153. The van der Waals surface area contributed by atoms with Gasteiger partial charge in [-0.2, -0.15) is 0 Å². The summed E-state index contributed by atoms with van der Waals surface area (Å²) in [5.74, 6) is 1.06. The topological polar surface area (TPSA) is 58.2 Å². The third-order valence-electron chi connectivity index (χ3n) is 7.14. The van der Waals surface area contributed by atoms with Gasteiger partial charge in [0.25, 0.3) is 0 Å². The molecular formula is C23H31FN2O2. The van der Waals surface area contributed by atoms with Crippen molar-refractivity contribution in [3.63, 3.8) is 0 Å². The molecule has 152 valence electrons. The third-order valence-corrected chi connectivity index (χ3v) is 7.14. The smallest absolute Gasteiger partial charge is 0.226 e. The first-order valence-corrected chi connectivity index (χ1v) is 10.6. The van der Waals surface area contributed by atoms with E-state index in [1.807, 2.05) is 6.92 Å². The van der Waals surface area contributed by atoms with Crippen LogP contribution in [0.3, 0.4) is 0 Å². The maximum atomic E-state index is 13.3. The van der Waals surface area contributed by atoms with Crippen LogP contribution >= 0.6 is 0 Å². The standard InChI is InChI=1S/C23H31FN2O2/c1-15(3-4-17-5-7-20(24)8-6-17)25-21(28)22-10-18-9-19(11-22)13-23(12-18,14-22)26-16(2)27/h5-8,15,18-19H,3-4,9-14H2,1-2H3,(H,25,28)(H,26,27). The molecule has 3 unspecified atom stereocenters. The highest BCUT2D eigenvalue weighted by Crippen LogP contribution is 2.61. The Kier molecular flexibility index (Phi) is 4.96. The molecule has 1 aromatic rings. The van der Waals surface area contributed by atoms with E-state index < -0.39 is 0 Å². The molecule has 4 fully saturated rings. The summed E-state index contributed by atoms with van der Waals surface area (Å²) in [5, 5.41) is 6.49. The third kappa shape index (κ3) is 3.81. The largest absolute Gasteiger partial charge is 0.353 e. The summed E-state index contributed by atoms with van der Waals surface area (Å²) in [7, 11) is 0. The van der Waals surface area contributed by atoms with Crippen molar-refractivity contribution in [3.8, 4) is 0 Å². The number of carbonyl (C=O) groups is 2. The van der Waals surface area contributed by atoms with E-state index in [9.17, 15) is 14.0 Å². The van der Waals surface area contributed by atoms with Gasteiger partial charge in [0.15, 0.2) is 0 Å². The highest BCUT2D eigenvalue weighted by Gasteiger charge is 2.60. The summed E-state index contributed by atoms with van der Waals surface area (Å²) in [6.45, 7) is 3.63. The number of aryl methyl sites for hydroxylation is 1.